The number of unbranched alkanes of at least 4 members (excludes halogenated alkanes) is 1. The van der Waals surface area contributed by atoms with Gasteiger partial charge in [-0.05, 0) is 12.8 Å². The zero-order valence-electron chi connectivity index (χ0n) is 13.1. The van der Waals surface area contributed by atoms with Gasteiger partial charge < -0.3 is 4.74 Å². The van der Waals surface area contributed by atoms with Gasteiger partial charge >= 0.3 is 0 Å². The Bertz CT molecular complexity index is 352. The molecule has 0 radical (unpaired) electrons. The number of rotatable bonds is 4. The van der Waals surface area contributed by atoms with Crippen LogP contribution in [0, 0.1) is 22.9 Å². The number of ether oxygens (including phenoxy) is 1. The molecule has 0 aliphatic carbocycles. The third-order valence-electron chi connectivity index (χ3n) is 2.12. The van der Waals surface area contributed by atoms with Gasteiger partial charge in [-0.15, -0.1) is 17.0 Å². The molecule has 0 saturated carbocycles. The summed E-state index contributed by atoms with van der Waals surface area (Å²) in [4.78, 5) is 0. The van der Waals surface area contributed by atoms with Gasteiger partial charge in [0.15, 0.2) is 0 Å². The van der Waals surface area contributed by atoms with E-state index >= 15 is 0 Å². The second kappa shape index (κ2) is 7.84. The van der Waals surface area contributed by atoms with Crippen LogP contribution < -0.4 is 0 Å². The summed E-state index contributed by atoms with van der Waals surface area (Å²) >= 11 is 0. The van der Waals surface area contributed by atoms with Gasteiger partial charge in [0.2, 0.25) is 0 Å². The second-order valence-corrected chi connectivity index (χ2v) is 16.2. The third-order valence-corrected chi connectivity index (χ3v) is 3.95. The highest BCUT2D eigenvalue weighted by molar-refractivity contribution is 6.84. The summed E-state index contributed by atoms with van der Waals surface area (Å²) in [5.74, 6) is 6.56. The molecule has 1 nitrogen and oxygen atoms in total. The molecular weight excluding hydrogens is 252 g/mol. The van der Waals surface area contributed by atoms with E-state index in [9.17, 15) is 0 Å². The van der Waals surface area contributed by atoms with E-state index in [0.717, 1.165) is 19.3 Å². The van der Waals surface area contributed by atoms with Crippen molar-refractivity contribution >= 4 is 16.1 Å². The lowest BCUT2D eigenvalue weighted by molar-refractivity contribution is 0.139. The van der Waals surface area contributed by atoms with Crippen molar-refractivity contribution in [2.24, 2.45) is 0 Å². The van der Waals surface area contributed by atoms with Crippen molar-refractivity contribution in [2.75, 3.05) is 7.11 Å². The van der Waals surface area contributed by atoms with E-state index in [0.29, 0.717) is 0 Å². The highest BCUT2D eigenvalue weighted by Crippen LogP contribution is 2.05. The maximum Gasteiger partial charge on any atom is 0.129 e. The zero-order chi connectivity index (χ0) is 14.2. The molecule has 0 aromatic heterocycles. The van der Waals surface area contributed by atoms with Gasteiger partial charge in [0.1, 0.15) is 22.3 Å². The molecule has 0 fully saturated rings. The van der Waals surface area contributed by atoms with Crippen molar-refractivity contribution in [1.82, 2.24) is 0 Å². The van der Waals surface area contributed by atoms with Crippen LogP contribution in [0.5, 0.6) is 0 Å². The maximum atomic E-state index is 5.40. The lowest BCUT2D eigenvalue weighted by atomic mass is 10.2. The molecule has 1 atom stereocenters. The standard InChI is InChI=1S/C15H28OSi2/c1-16-15(12-14-18(5,6)7)11-9-8-10-13-17(2,3)4/h15H,8-9,11H2,1-7H3. The van der Waals surface area contributed by atoms with Crippen molar-refractivity contribution < 1.29 is 4.74 Å². The predicted octanol–water partition coefficient (Wildman–Crippen LogP) is 3.93. The normalized spacial score (nSPS) is 13.1. The largest absolute Gasteiger partial charge is 0.369 e. The summed E-state index contributed by atoms with van der Waals surface area (Å²) in [5, 5.41) is 0. The van der Waals surface area contributed by atoms with E-state index in [1.54, 1.807) is 7.11 Å². The SMILES string of the molecule is COC(C#C[Si](C)(C)C)CCCC#C[Si](C)(C)C. The molecule has 0 N–H and O–H groups in total. The van der Waals surface area contributed by atoms with E-state index in [1.165, 1.54) is 0 Å². The summed E-state index contributed by atoms with van der Waals surface area (Å²) < 4.78 is 5.40. The number of methoxy groups -OCH3 is 1. The molecule has 18 heavy (non-hydrogen) atoms. The Labute approximate surface area is 116 Å². The zero-order valence-corrected chi connectivity index (χ0v) is 15.1. The third kappa shape index (κ3) is 12.0. The van der Waals surface area contributed by atoms with Gasteiger partial charge in [-0.3, -0.25) is 0 Å². The van der Waals surface area contributed by atoms with Crippen LogP contribution >= 0.6 is 0 Å². The fraction of sp³-hybridized carbons (Fsp3) is 0.733. The average Bonchev–Trinajstić information content (AvgIpc) is 2.19. The Balaban J connectivity index is 4.09. The quantitative estimate of drug-likeness (QED) is 0.431. The summed E-state index contributed by atoms with van der Waals surface area (Å²) in [5.41, 5.74) is 6.76. The summed E-state index contributed by atoms with van der Waals surface area (Å²) in [6.07, 6.45) is 3.13. The minimum atomic E-state index is -1.28. The molecule has 3 heteroatoms. The smallest absolute Gasteiger partial charge is 0.129 e. The Morgan fingerprint density at radius 1 is 0.944 bits per heavy atom. The Hall–Kier alpha value is -0.486. The van der Waals surface area contributed by atoms with Crippen LogP contribution in [0.4, 0.5) is 0 Å². The van der Waals surface area contributed by atoms with Gasteiger partial charge in [0.05, 0.1) is 0 Å². The molecule has 0 aliphatic rings. The summed E-state index contributed by atoms with van der Waals surface area (Å²) in [6, 6.07) is 0. The van der Waals surface area contributed by atoms with E-state index in [4.69, 9.17) is 4.74 Å². The van der Waals surface area contributed by atoms with E-state index in [-0.39, 0.29) is 6.10 Å². The van der Waals surface area contributed by atoms with Crippen molar-refractivity contribution in [1.29, 1.82) is 0 Å². The predicted molar refractivity (Wildman–Crippen MR) is 86.9 cm³/mol. The molecule has 1 unspecified atom stereocenters. The van der Waals surface area contributed by atoms with Gasteiger partial charge in [-0.25, -0.2) is 0 Å². The van der Waals surface area contributed by atoms with Crippen LogP contribution in [0.2, 0.25) is 39.3 Å². The monoisotopic (exact) mass is 280 g/mol. The molecule has 0 rings (SSSR count). The summed E-state index contributed by atoms with van der Waals surface area (Å²) in [7, 11) is -0.729. The van der Waals surface area contributed by atoms with Crippen LogP contribution in [0.3, 0.4) is 0 Å². The van der Waals surface area contributed by atoms with Gasteiger partial charge in [0, 0.05) is 13.5 Å². The molecule has 0 aliphatic heterocycles. The molecule has 0 heterocycles. The first-order valence-corrected chi connectivity index (χ1v) is 13.7. The molecule has 0 amide bonds. The van der Waals surface area contributed by atoms with Crippen LogP contribution in [-0.4, -0.2) is 29.4 Å². The Morgan fingerprint density at radius 2 is 1.50 bits per heavy atom. The van der Waals surface area contributed by atoms with Crippen LogP contribution in [0.15, 0.2) is 0 Å². The molecule has 0 aromatic carbocycles. The topological polar surface area (TPSA) is 9.23 Å². The van der Waals surface area contributed by atoms with Crippen LogP contribution in [0.25, 0.3) is 0 Å². The van der Waals surface area contributed by atoms with Crippen molar-refractivity contribution in [3.8, 4) is 22.9 Å². The molecule has 0 spiro atoms. The van der Waals surface area contributed by atoms with E-state index < -0.39 is 16.1 Å². The first kappa shape index (κ1) is 17.5. The first-order valence-electron chi connectivity index (χ1n) is 6.69. The maximum absolute atomic E-state index is 5.40. The fourth-order valence-electron chi connectivity index (χ4n) is 1.25. The Morgan fingerprint density at radius 3 is 1.94 bits per heavy atom. The molecule has 0 bridgehead atoms. The summed E-state index contributed by atoms with van der Waals surface area (Å²) in [6.45, 7) is 13.6. The minimum Gasteiger partial charge on any atom is -0.369 e. The Kier molecular flexibility index (Phi) is 7.63. The second-order valence-electron chi connectivity index (χ2n) is 6.69. The van der Waals surface area contributed by atoms with Crippen molar-refractivity contribution in [3.05, 3.63) is 0 Å². The highest BCUT2D eigenvalue weighted by atomic mass is 28.3. The van der Waals surface area contributed by atoms with Gasteiger partial charge in [-0.2, -0.15) is 0 Å². The lowest BCUT2D eigenvalue weighted by Crippen LogP contribution is -2.18. The molecule has 0 aromatic rings. The molecule has 102 valence electrons. The van der Waals surface area contributed by atoms with Crippen LogP contribution in [-0.2, 0) is 4.74 Å². The average molecular weight is 281 g/mol. The number of hydrogen-bond donors (Lipinski definition) is 0. The molecule has 0 saturated heterocycles. The van der Waals surface area contributed by atoms with Crippen LogP contribution in [0.1, 0.15) is 19.3 Å². The van der Waals surface area contributed by atoms with E-state index in [1.807, 2.05) is 0 Å². The van der Waals surface area contributed by atoms with E-state index in [2.05, 4.69) is 62.2 Å². The fourth-order valence-corrected chi connectivity index (χ4v) is 2.50. The number of hydrogen-bond acceptors (Lipinski definition) is 1. The highest BCUT2D eigenvalue weighted by Gasteiger charge is 2.10. The lowest BCUT2D eigenvalue weighted by Gasteiger charge is -2.09. The van der Waals surface area contributed by atoms with Crippen molar-refractivity contribution in [3.63, 3.8) is 0 Å². The van der Waals surface area contributed by atoms with Gasteiger partial charge in [-0.1, -0.05) is 45.2 Å². The van der Waals surface area contributed by atoms with Gasteiger partial charge in [0.25, 0.3) is 0 Å². The van der Waals surface area contributed by atoms with Crippen molar-refractivity contribution in [2.45, 2.75) is 64.6 Å². The first-order chi connectivity index (χ1) is 8.14. The molecular formula is C15H28OSi2. The minimum absolute atomic E-state index is 0.0883.